The number of nitrogens with zero attached hydrogens (tertiary/aromatic N) is 1. The first-order valence-electron chi connectivity index (χ1n) is 6.70. The monoisotopic (exact) mass is 361 g/mol. The second kappa shape index (κ2) is 6.53. The SMILES string of the molecule is Cc1cc(CN)cc(S(=O)(=O)NN2CCCCC2)c1Br. The summed E-state index contributed by atoms with van der Waals surface area (Å²) < 4.78 is 25.6. The molecule has 1 saturated heterocycles. The molecule has 1 aliphatic heterocycles. The van der Waals surface area contributed by atoms with Crippen molar-refractivity contribution >= 4 is 26.0 Å². The van der Waals surface area contributed by atoms with Gasteiger partial charge in [0.2, 0.25) is 0 Å². The molecule has 2 rings (SSSR count). The molecule has 1 aromatic carbocycles. The number of piperidine rings is 1. The predicted octanol–water partition coefficient (Wildman–Crippen LogP) is 1.90. The molecule has 112 valence electrons. The van der Waals surface area contributed by atoms with Gasteiger partial charge >= 0.3 is 0 Å². The van der Waals surface area contributed by atoms with E-state index in [-0.39, 0.29) is 4.90 Å². The third-order valence-corrected chi connectivity index (χ3v) is 6.13. The molecule has 0 radical (unpaired) electrons. The van der Waals surface area contributed by atoms with Gasteiger partial charge in [0, 0.05) is 24.1 Å². The normalized spacial score (nSPS) is 17.4. The van der Waals surface area contributed by atoms with E-state index < -0.39 is 10.0 Å². The van der Waals surface area contributed by atoms with Crippen LogP contribution >= 0.6 is 15.9 Å². The van der Waals surface area contributed by atoms with Crippen LogP contribution in [-0.2, 0) is 16.6 Å². The van der Waals surface area contributed by atoms with Crippen molar-refractivity contribution in [2.45, 2.75) is 37.6 Å². The van der Waals surface area contributed by atoms with E-state index in [2.05, 4.69) is 20.8 Å². The molecule has 7 heteroatoms. The average Bonchev–Trinajstić information content (AvgIpc) is 2.42. The Morgan fingerprint density at radius 2 is 1.95 bits per heavy atom. The number of benzene rings is 1. The molecule has 5 nitrogen and oxygen atoms in total. The summed E-state index contributed by atoms with van der Waals surface area (Å²) in [5, 5.41) is 1.77. The topological polar surface area (TPSA) is 75.4 Å². The molecule has 1 heterocycles. The number of aryl methyl sites for hydroxylation is 1. The highest BCUT2D eigenvalue weighted by molar-refractivity contribution is 9.10. The van der Waals surface area contributed by atoms with E-state index in [0.29, 0.717) is 11.0 Å². The zero-order valence-corrected chi connectivity index (χ0v) is 13.9. The van der Waals surface area contributed by atoms with Crippen LogP contribution in [-0.4, -0.2) is 26.5 Å². The fourth-order valence-electron chi connectivity index (χ4n) is 2.33. The van der Waals surface area contributed by atoms with Crippen LogP contribution in [0.4, 0.5) is 0 Å². The van der Waals surface area contributed by atoms with Crippen molar-refractivity contribution < 1.29 is 8.42 Å². The van der Waals surface area contributed by atoms with Crippen molar-refractivity contribution in [3.05, 3.63) is 27.7 Å². The molecule has 0 bridgehead atoms. The third kappa shape index (κ3) is 3.59. The van der Waals surface area contributed by atoms with Crippen LogP contribution in [0, 0.1) is 6.92 Å². The van der Waals surface area contributed by atoms with Crippen molar-refractivity contribution in [1.29, 1.82) is 0 Å². The van der Waals surface area contributed by atoms with Gasteiger partial charge in [-0.05, 0) is 52.9 Å². The summed E-state index contributed by atoms with van der Waals surface area (Å²) in [5.74, 6) is 0. The highest BCUT2D eigenvalue weighted by atomic mass is 79.9. The minimum absolute atomic E-state index is 0.253. The van der Waals surface area contributed by atoms with E-state index in [1.165, 1.54) is 0 Å². The van der Waals surface area contributed by atoms with Crippen molar-refractivity contribution in [2.24, 2.45) is 5.73 Å². The molecule has 0 atom stereocenters. The Labute approximate surface area is 128 Å². The molecular formula is C13H20BrN3O2S. The Kier molecular flexibility index (Phi) is 5.19. The standard InChI is InChI=1S/C13H20BrN3O2S/c1-10-7-11(9-15)8-12(13(10)14)20(18,19)16-17-5-3-2-4-6-17/h7-8,16H,2-6,9,15H2,1H3. The zero-order valence-electron chi connectivity index (χ0n) is 11.5. The smallest absolute Gasteiger partial charge is 0.254 e. The summed E-state index contributed by atoms with van der Waals surface area (Å²) >= 11 is 3.37. The number of hydrogen-bond donors (Lipinski definition) is 2. The summed E-state index contributed by atoms with van der Waals surface area (Å²) in [4.78, 5) is 2.92. The largest absolute Gasteiger partial charge is 0.326 e. The molecule has 0 saturated carbocycles. The average molecular weight is 362 g/mol. The van der Waals surface area contributed by atoms with Gasteiger partial charge in [-0.15, -0.1) is 4.83 Å². The van der Waals surface area contributed by atoms with Gasteiger partial charge in [0.1, 0.15) is 0 Å². The Bertz CT molecular complexity index is 584. The minimum atomic E-state index is -3.57. The second-order valence-electron chi connectivity index (χ2n) is 5.07. The Balaban J connectivity index is 2.30. The second-order valence-corrected chi connectivity index (χ2v) is 7.49. The highest BCUT2D eigenvalue weighted by Crippen LogP contribution is 2.27. The molecule has 0 amide bonds. The van der Waals surface area contributed by atoms with Gasteiger partial charge in [-0.2, -0.15) is 0 Å². The Hall–Kier alpha value is -0.470. The molecule has 1 aliphatic rings. The lowest BCUT2D eigenvalue weighted by Crippen LogP contribution is -2.45. The molecule has 0 aromatic heterocycles. The van der Waals surface area contributed by atoms with Crippen molar-refractivity contribution in [3.8, 4) is 0 Å². The molecule has 0 spiro atoms. The van der Waals surface area contributed by atoms with Crippen LogP contribution in [0.5, 0.6) is 0 Å². The number of sulfonamides is 1. The summed E-state index contributed by atoms with van der Waals surface area (Å²) in [5.41, 5.74) is 7.30. The van der Waals surface area contributed by atoms with E-state index in [0.717, 1.165) is 43.5 Å². The lowest BCUT2D eigenvalue weighted by molar-refractivity contribution is 0.200. The number of rotatable bonds is 4. The number of halogens is 1. The fourth-order valence-corrected chi connectivity index (χ4v) is 4.52. The molecule has 20 heavy (non-hydrogen) atoms. The van der Waals surface area contributed by atoms with Crippen LogP contribution in [0.1, 0.15) is 30.4 Å². The molecule has 1 fully saturated rings. The van der Waals surface area contributed by atoms with Crippen LogP contribution in [0.25, 0.3) is 0 Å². The number of nitrogens with one attached hydrogen (secondary N) is 1. The van der Waals surface area contributed by atoms with Crippen molar-refractivity contribution in [1.82, 2.24) is 9.84 Å². The first-order valence-corrected chi connectivity index (χ1v) is 8.98. The van der Waals surface area contributed by atoms with E-state index in [1.54, 1.807) is 11.1 Å². The Morgan fingerprint density at radius 3 is 2.55 bits per heavy atom. The van der Waals surface area contributed by atoms with Crippen LogP contribution < -0.4 is 10.6 Å². The molecule has 1 aromatic rings. The van der Waals surface area contributed by atoms with Crippen molar-refractivity contribution in [3.63, 3.8) is 0 Å². The van der Waals surface area contributed by atoms with Gasteiger partial charge in [-0.3, -0.25) is 0 Å². The number of nitrogens with two attached hydrogens (primary N) is 1. The van der Waals surface area contributed by atoms with Gasteiger partial charge in [0.25, 0.3) is 10.0 Å². The Morgan fingerprint density at radius 1 is 1.30 bits per heavy atom. The maximum Gasteiger partial charge on any atom is 0.254 e. The molecule has 0 aliphatic carbocycles. The summed E-state index contributed by atoms with van der Waals surface area (Å²) in [6.07, 6.45) is 3.20. The molecular weight excluding hydrogens is 342 g/mol. The van der Waals surface area contributed by atoms with Gasteiger partial charge in [-0.1, -0.05) is 12.5 Å². The highest BCUT2D eigenvalue weighted by Gasteiger charge is 2.23. The quantitative estimate of drug-likeness (QED) is 0.858. The summed E-state index contributed by atoms with van der Waals surface area (Å²) in [6, 6.07) is 3.52. The minimum Gasteiger partial charge on any atom is -0.326 e. The predicted molar refractivity (Wildman–Crippen MR) is 82.5 cm³/mol. The van der Waals surface area contributed by atoms with Gasteiger partial charge in [0.05, 0.1) is 4.90 Å². The number of hydrazine groups is 1. The summed E-state index contributed by atoms with van der Waals surface area (Å²) in [6.45, 7) is 3.70. The molecule has 3 N–H and O–H groups in total. The number of hydrogen-bond acceptors (Lipinski definition) is 4. The first-order chi connectivity index (χ1) is 9.44. The van der Waals surface area contributed by atoms with Crippen LogP contribution in [0.15, 0.2) is 21.5 Å². The third-order valence-electron chi connectivity index (χ3n) is 3.41. The maximum atomic E-state index is 12.5. The lowest BCUT2D eigenvalue weighted by atomic mass is 10.1. The maximum absolute atomic E-state index is 12.5. The first kappa shape index (κ1) is 15.9. The lowest BCUT2D eigenvalue weighted by Gasteiger charge is -2.27. The molecule has 0 unspecified atom stereocenters. The van der Waals surface area contributed by atoms with E-state index >= 15 is 0 Å². The van der Waals surface area contributed by atoms with Crippen LogP contribution in [0.2, 0.25) is 0 Å². The van der Waals surface area contributed by atoms with E-state index in [1.807, 2.05) is 13.0 Å². The van der Waals surface area contributed by atoms with Gasteiger partial charge in [-0.25, -0.2) is 13.4 Å². The summed E-state index contributed by atoms with van der Waals surface area (Å²) in [7, 11) is -3.57. The van der Waals surface area contributed by atoms with E-state index in [4.69, 9.17) is 5.73 Å². The van der Waals surface area contributed by atoms with E-state index in [9.17, 15) is 8.42 Å². The van der Waals surface area contributed by atoms with Crippen LogP contribution in [0.3, 0.4) is 0 Å². The van der Waals surface area contributed by atoms with Crippen molar-refractivity contribution in [2.75, 3.05) is 13.1 Å². The fraction of sp³-hybridized carbons (Fsp3) is 0.538. The van der Waals surface area contributed by atoms with Gasteiger partial charge in [0.15, 0.2) is 0 Å². The van der Waals surface area contributed by atoms with Gasteiger partial charge < -0.3 is 5.73 Å². The zero-order chi connectivity index (χ0) is 14.8.